The predicted octanol–water partition coefficient (Wildman–Crippen LogP) is 3.92. The molecule has 1 aliphatic heterocycles. The first-order valence-corrected chi connectivity index (χ1v) is 7.40. The van der Waals surface area contributed by atoms with Crippen molar-refractivity contribution in [3.05, 3.63) is 66.2 Å². The molecule has 0 bridgehead atoms. The van der Waals surface area contributed by atoms with Gasteiger partial charge in [-0.15, -0.1) is 0 Å². The quantitative estimate of drug-likeness (QED) is 0.838. The Morgan fingerprint density at radius 2 is 1.63 bits per heavy atom. The molecule has 2 aromatic carbocycles. The standard InChI is InChI=1S/C16H16N2S/c1-3-7-14(8-4-1)11-18-12-16(19-13-18)17-15-9-5-2-6-10-15/h1-10H,11-13H2. The minimum atomic E-state index is 0.953. The number of hydrogen-bond donors (Lipinski definition) is 0. The summed E-state index contributed by atoms with van der Waals surface area (Å²) in [5, 5.41) is 1.21. The molecule has 2 nitrogen and oxygen atoms in total. The topological polar surface area (TPSA) is 15.6 Å². The fraction of sp³-hybridized carbons (Fsp3) is 0.188. The molecule has 0 atom stereocenters. The van der Waals surface area contributed by atoms with E-state index in [0.717, 1.165) is 24.7 Å². The van der Waals surface area contributed by atoms with Crippen molar-refractivity contribution >= 4 is 22.5 Å². The molecule has 0 saturated carbocycles. The summed E-state index contributed by atoms with van der Waals surface area (Å²) in [5.74, 6) is 1.03. The van der Waals surface area contributed by atoms with Crippen LogP contribution in [0.3, 0.4) is 0 Å². The number of benzene rings is 2. The van der Waals surface area contributed by atoms with Gasteiger partial charge in [0.2, 0.25) is 0 Å². The molecule has 0 aromatic heterocycles. The van der Waals surface area contributed by atoms with Crippen molar-refractivity contribution < 1.29 is 0 Å². The smallest absolute Gasteiger partial charge is 0.0892 e. The van der Waals surface area contributed by atoms with Gasteiger partial charge >= 0.3 is 0 Å². The molecule has 1 heterocycles. The van der Waals surface area contributed by atoms with Crippen molar-refractivity contribution in [2.24, 2.45) is 4.99 Å². The highest BCUT2D eigenvalue weighted by molar-refractivity contribution is 8.14. The fourth-order valence-electron chi connectivity index (χ4n) is 2.11. The van der Waals surface area contributed by atoms with Gasteiger partial charge in [-0.05, 0) is 17.7 Å². The Bertz CT molecular complexity index is 551. The van der Waals surface area contributed by atoms with Crippen LogP contribution in [0.25, 0.3) is 0 Å². The van der Waals surface area contributed by atoms with Gasteiger partial charge < -0.3 is 0 Å². The third-order valence-electron chi connectivity index (χ3n) is 3.03. The molecule has 1 aliphatic rings. The van der Waals surface area contributed by atoms with Crippen LogP contribution in [0.2, 0.25) is 0 Å². The minimum absolute atomic E-state index is 0.953. The van der Waals surface area contributed by atoms with Gasteiger partial charge in [-0.1, -0.05) is 60.3 Å². The number of para-hydroxylation sites is 1. The summed E-state index contributed by atoms with van der Waals surface area (Å²) in [6, 6.07) is 20.8. The Balaban J connectivity index is 1.63. The number of nitrogens with zero attached hydrogens (tertiary/aromatic N) is 2. The lowest BCUT2D eigenvalue weighted by Crippen LogP contribution is -2.19. The van der Waals surface area contributed by atoms with Gasteiger partial charge in [0.15, 0.2) is 0 Å². The molecular formula is C16H16N2S. The van der Waals surface area contributed by atoms with Crippen LogP contribution in [-0.2, 0) is 6.54 Å². The Hall–Kier alpha value is -1.58. The third kappa shape index (κ3) is 3.46. The van der Waals surface area contributed by atoms with Crippen molar-refractivity contribution in [3.8, 4) is 0 Å². The second-order valence-corrected chi connectivity index (χ2v) is 5.61. The largest absolute Gasteiger partial charge is 0.283 e. The normalized spacial score (nSPS) is 18.0. The van der Waals surface area contributed by atoms with Crippen molar-refractivity contribution in [1.82, 2.24) is 4.90 Å². The Morgan fingerprint density at radius 3 is 2.37 bits per heavy atom. The van der Waals surface area contributed by atoms with Crippen molar-refractivity contribution in [2.75, 3.05) is 12.4 Å². The van der Waals surface area contributed by atoms with E-state index < -0.39 is 0 Å². The SMILES string of the molecule is c1ccc(CN2CSC(=Nc3ccccc3)C2)cc1. The van der Waals surface area contributed by atoms with E-state index in [2.05, 4.69) is 40.2 Å². The zero-order chi connectivity index (χ0) is 12.9. The molecule has 3 heteroatoms. The Kier molecular flexibility index (Phi) is 3.96. The second-order valence-electron chi connectivity index (χ2n) is 4.59. The Labute approximate surface area is 118 Å². The molecule has 0 radical (unpaired) electrons. The first-order chi connectivity index (χ1) is 9.40. The van der Waals surface area contributed by atoms with Crippen LogP contribution < -0.4 is 0 Å². The van der Waals surface area contributed by atoms with Crippen molar-refractivity contribution in [2.45, 2.75) is 6.54 Å². The van der Waals surface area contributed by atoms with E-state index in [-0.39, 0.29) is 0 Å². The van der Waals surface area contributed by atoms with E-state index in [1.54, 1.807) is 0 Å². The number of aliphatic imine (C=N–C) groups is 1. The van der Waals surface area contributed by atoms with E-state index in [0.29, 0.717) is 0 Å². The summed E-state index contributed by atoms with van der Waals surface area (Å²) in [6.45, 7) is 1.95. The molecule has 1 fully saturated rings. The van der Waals surface area contributed by atoms with E-state index in [1.807, 2.05) is 42.1 Å². The fourth-order valence-corrected chi connectivity index (χ4v) is 3.06. The molecule has 2 aromatic rings. The maximum atomic E-state index is 4.69. The van der Waals surface area contributed by atoms with Gasteiger partial charge in [-0.25, -0.2) is 4.99 Å². The molecule has 0 unspecified atom stereocenters. The van der Waals surface area contributed by atoms with Crippen molar-refractivity contribution in [3.63, 3.8) is 0 Å². The summed E-state index contributed by atoms with van der Waals surface area (Å²) < 4.78 is 0. The van der Waals surface area contributed by atoms with E-state index in [4.69, 9.17) is 0 Å². The second kappa shape index (κ2) is 6.04. The molecule has 1 saturated heterocycles. The highest BCUT2D eigenvalue weighted by atomic mass is 32.2. The molecule has 3 rings (SSSR count). The van der Waals surface area contributed by atoms with Crippen LogP contribution in [0.5, 0.6) is 0 Å². The van der Waals surface area contributed by atoms with E-state index in [1.165, 1.54) is 10.6 Å². The van der Waals surface area contributed by atoms with E-state index in [9.17, 15) is 0 Å². The van der Waals surface area contributed by atoms with Gasteiger partial charge in [-0.2, -0.15) is 0 Å². The summed E-state index contributed by atoms with van der Waals surface area (Å²) in [6.07, 6.45) is 0. The monoisotopic (exact) mass is 268 g/mol. The molecule has 0 N–H and O–H groups in total. The maximum absolute atomic E-state index is 4.69. The molecule has 0 spiro atoms. The molecule has 0 aliphatic carbocycles. The van der Waals surface area contributed by atoms with Crippen LogP contribution >= 0.6 is 11.8 Å². The van der Waals surface area contributed by atoms with Gasteiger partial charge in [0.1, 0.15) is 0 Å². The first kappa shape index (κ1) is 12.5. The maximum Gasteiger partial charge on any atom is 0.0892 e. The molecular weight excluding hydrogens is 252 g/mol. The highest BCUT2D eigenvalue weighted by Gasteiger charge is 2.18. The zero-order valence-corrected chi connectivity index (χ0v) is 11.5. The lowest BCUT2D eigenvalue weighted by molar-refractivity contribution is 0.368. The van der Waals surface area contributed by atoms with Crippen molar-refractivity contribution in [1.29, 1.82) is 0 Å². The lowest BCUT2D eigenvalue weighted by Gasteiger charge is -2.12. The van der Waals surface area contributed by atoms with Gasteiger partial charge in [0.05, 0.1) is 16.6 Å². The van der Waals surface area contributed by atoms with Gasteiger partial charge in [-0.3, -0.25) is 4.90 Å². The lowest BCUT2D eigenvalue weighted by atomic mass is 10.2. The number of hydrogen-bond acceptors (Lipinski definition) is 3. The zero-order valence-electron chi connectivity index (χ0n) is 10.7. The average molecular weight is 268 g/mol. The number of rotatable bonds is 3. The van der Waals surface area contributed by atoms with Crippen LogP contribution in [-0.4, -0.2) is 22.4 Å². The summed E-state index contributed by atoms with van der Waals surface area (Å²) in [5.41, 5.74) is 2.41. The average Bonchev–Trinajstić information content (AvgIpc) is 2.88. The summed E-state index contributed by atoms with van der Waals surface area (Å²) in [4.78, 5) is 7.11. The highest BCUT2D eigenvalue weighted by Crippen LogP contribution is 2.23. The molecule has 19 heavy (non-hydrogen) atoms. The molecule has 0 amide bonds. The van der Waals surface area contributed by atoms with Crippen LogP contribution in [0, 0.1) is 0 Å². The van der Waals surface area contributed by atoms with Crippen LogP contribution in [0.15, 0.2) is 65.7 Å². The Morgan fingerprint density at radius 1 is 0.947 bits per heavy atom. The molecule has 96 valence electrons. The first-order valence-electron chi connectivity index (χ1n) is 6.42. The van der Waals surface area contributed by atoms with E-state index >= 15 is 0 Å². The predicted molar refractivity (Wildman–Crippen MR) is 82.8 cm³/mol. The van der Waals surface area contributed by atoms with Crippen LogP contribution in [0.1, 0.15) is 5.56 Å². The van der Waals surface area contributed by atoms with Gasteiger partial charge in [0.25, 0.3) is 0 Å². The van der Waals surface area contributed by atoms with Gasteiger partial charge in [0, 0.05) is 13.1 Å². The summed E-state index contributed by atoms with van der Waals surface area (Å²) >= 11 is 1.84. The third-order valence-corrected chi connectivity index (χ3v) is 4.08. The minimum Gasteiger partial charge on any atom is -0.283 e. The van der Waals surface area contributed by atoms with Crippen LogP contribution in [0.4, 0.5) is 5.69 Å². The summed E-state index contributed by atoms with van der Waals surface area (Å²) in [7, 11) is 0. The number of thioether (sulfide) groups is 1.